The van der Waals surface area contributed by atoms with Crippen LogP contribution in [-0.4, -0.2) is 65.1 Å². The minimum atomic E-state index is -1.46. The van der Waals surface area contributed by atoms with Crippen molar-refractivity contribution >= 4 is 35.6 Å². The molecule has 10 nitrogen and oxygen atoms in total. The summed E-state index contributed by atoms with van der Waals surface area (Å²) >= 11 is 2.87. The monoisotopic (exact) mass is 373 g/mol. The maximum atomic E-state index is 12.0. The number of hydrogen-bond donors (Lipinski definition) is 2. The number of amides is 1. The van der Waals surface area contributed by atoms with Crippen LogP contribution in [0.25, 0.3) is 0 Å². The second-order valence-electron chi connectivity index (χ2n) is 5.14. The van der Waals surface area contributed by atoms with E-state index in [-0.39, 0.29) is 23.8 Å². The first-order valence-electron chi connectivity index (χ1n) is 7.12. The first kappa shape index (κ1) is 17.0. The number of aromatic nitrogens is 4. The van der Waals surface area contributed by atoms with E-state index in [1.165, 1.54) is 28.4 Å². The van der Waals surface area contributed by atoms with Gasteiger partial charge in [-0.2, -0.15) is 0 Å². The van der Waals surface area contributed by atoms with Gasteiger partial charge in [-0.1, -0.05) is 23.5 Å². The molecular formula is C12H15N5O5S2. The molecule has 12 heteroatoms. The fourth-order valence-electron chi connectivity index (χ4n) is 2.47. The molecule has 130 valence electrons. The van der Waals surface area contributed by atoms with Crippen LogP contribution in [0.15, 0.2) is 15.9 Å². The van der Waals surface area contributed by atoms with E-state index in [1.54, 1.807) is 11.7 Å². The Bertz CT molecular complexity index is 693. The molecule has 2 atom stereocenters. The number of ether oxygens (including phenoxy) is 1. The Balaban J connectivity index is 1.60. The molecule has 2 aliphatic heterocycles. The van der Waals surface area contributed by atoms with Gasteiger partial charge in [-0.15, -0.1) is 5.10 Å². The smallest absolute Gasteiger partial charge is 0.449 e. The van der Waals surface area contributed by atoms with E-state index in [9.17, 15) is 14.7 Å². The predicted molar refractivity (Wildman–Crippen MR) is 83.7 cm³/mol. The SMILES string of the molecule is Cn1nnnc1SCCCC1=C(OC(=O)O)N2C(=O)[C@H](CO)[C@H]2S1. The summed E-state index contributed by atoms with van der Waals surface area (Å²) in [7, 11) is 1.75. The zero-order valence-corrected chi connectivity index (χ0v) is 14.3. The molecule has 2 aliphatic rings. The lowest BCUT2D eigenvalue weighted by molar-refractivity contribution is -0.151. The van der Waals surface area contributed by atoms with Crippen molar-refractivity contribution in [2.45, 2.75) is 23.4 Å². The molecule has 3 heterocycles. The molecule has 0 spiro atoms. The summed E-state index contributed by atoms with van der Waals surface area (Å²) in [5.74, 6) is 0.0120. The summed E-state index contributed by atoms with van der Waals surface area (Å²) in [6.45, 7) is -0.254. The van der Waals surface area contributed by atoms with Crippen molar-refractivity contribution in [1.29, 1.82) is 0 Å². The first-order valence-corrected chi connectivity index (χ1v) is 8.99. The molecule has 24 heavy (non-hydrogen) atoms. The molecule has 0 bridgehead atoms. The molecule has 1 fully saturated rings. The Labute approximate surface area is 145 Å². The third kappa shape index (κ3) is 3.08. The van der Waals surface area contributed by atoms with Gasteiger partial charge in [-0.05, 0) is 23.3 Å². The van der Waals surface area contributed by atoms with Crippen LogP contribution in [0.4, 0.5) is 4.79 Å². The highest BCUT2D eigenvalue weighted by Crippen LogP contribution is 2.50. The normalized spacial score (nSPS) is 22.6. The molecule has 0 aromatic carbocycles. The fraction of sp³-hybridized carbons (Fsp3) is 0.583. The Kier molecular flexibility index (Phi) is 4.96. The summed E-state index contributed by atoms with van der Waals surface area (Å²) in [6.07, 6.45) is -0.141. The Hall–Kier alpha value is -1.79. The van der Waals surface area contributed by atoms with Gasteiger partial charge in [0, 0.05) is 17.7 Å². The topological polar surface area (TPSA) is 131 Å². The number of nitrogens with zero attached hydrogens (tertiary/aromatic N) is 5. The minimum absolute atomic E-state index is 0.0810. The average molecular weight is 373 g/mol. The molecule has 3 rings (SSSR count). The number of carbonyl (C=O) groups is 2. The van der Waals surface area contributed by atoms with E-state index in [0.29, 0.717) is 16.5 Å². The van der Waals surface area contributed by atoms with Crippen LogP contribution in [0.1, 0.15) is 12.8 Å². The molecule has 1 amide bonds. The van der Waals surface area contributed by atoms with Crippen molar-refractivity contribution in [1.82, 2.24) is 25.1 Å². The highest BCUT2D eigenvalue weighted by Gasteiger charge is 2.55. The number of aliphatic hydroxyl groups excluding tert-OH is 1. The number of allylic oxidation sites excluding steroid dienone is 1. The van der Waals surface area contributed by atoms with Gasteiger partial charge in [0.15, 0.2) is 0 Å². The van der Waals surface area contributed by atoms with Crippen molar-refractivity contribution in [3.8, 4) is 0 Å². The van der Waals surface area contributed by atoms with Gasteiger partial charge in [-0.25, -0.2) is 9.48 Å². The summed E-state index contributed by atoms with van der Waals surface area (Å²) in [6, 6.07) is 0. The number of carbonyl (C=O) groups excluding carboxylic acids is 1. The maximum Gasteiger partial charge on any atom is 0.512 e. The van der Waals surface area contributed by atoms with Crippen LogP contribution in [0.3, 0.4) is 0 Å². The zero-order chi connectivity index (χ0) is 17.3. The van der Waals surface area contributed by atoms with Gasteiger partial charge in [0.2, 0.25) is 16.9 Å². The van der Waals surface area contributed by atoms with Crippen molar-refractivity contribution < 1.29 is 24.5 Å². The van der Waals surface area contributed by atoms with Crippen LogP contribution in [0, 0.1) is 5.92 Å². The Morgan fingerprint density at radius 2 is 2.29 bits per heavy atom. The number of rotatable bonds is 7. The molecule has 0 unspecified atom stereocenters. The van der Waals surface area contributed by atoms with Gasteiger partial charge < -0.3 is 14.9 Å². The average Bonchev–Trinajstić information content (AvgIpc) is 3.06. The van der Waals surface area contributed by atoms with E-state index < -0.39 is 12.1 Å². The van der Waals surface area contributed by atoms with Crippen LogP contribution in [0.2, 0.25) is 0 Å². The zero-order valence-electron chi connectivity index (χ0n) is 12.7. The van der Waals surface area contributed by atoms with Crippen molar-refractivity contribution in [3.05, 3.63) is 10.8 Å². The van der Waals surface area contributed by atoms with E-state index in [4.69, 9.17) is 9.84 Å². The fourth-order valence-corrected chi connectivity index (χ4v) is 4.72. The van der Waals surface area contributed by atoms with Crippen molar-refractivity contribution in [2.24, 2.45) is 13.0 Å². The lowest BCUT2D eigenvalue weighted by atomic mass is 10.00. The number of hydrogen-bond acceptors (Lipinski definition) is 9. The summed E-state index contributed by atoms with van der Waals surface area (Å²) < 4.78 is 6.37. The molecular weight excluding hydrogens is 358 g/mol. The van der Waals surface area contributed by atoms with Crippen LogP contribution >= 0.6 is 23.5 Å². The minimum Gasteiger partial charge on any atom is -0.449 e. The first-order chi connectivity index (χ1) is 11.5. The highest BCUT2D eigenvalue weighted by molar-refractivity contribution is 8.04. The van der Waals surface area contributed by atoms with E-state index in [1.807, 2.05) is 0 Å². The Morgan fingerprint density at radius 3 is 2.92 bits per heavy atom. The van der Waals surface area contributed by atoms with Crippen LogP contribution < -0.4 is 0 Å². The van der Waals surface area contributed by atoms with Gasteiger partial charge in [-0.3, -0.25) is 9.69 Å². The number of tetrazole rings is 1. The third-order valence-electron chi connectivity index (χ3n) is 3.61. The van der Waals surface area contributed by atoms with Crippen molar-refractivity contribution in [2.75, 3.05) is 12.4 Å². The number of β-lactam (4-membered cyclic amide) rings is 1. The lowest BCUT2D eigenvalue weighted by Gasteiger charge is -2.40. The van der Waals surface area contributed by atoms with Crippen molar-refractivity contribution in [3.63, 3.8) is 0 Å². The number of thioether (sulfide) groups is 2. The quantitative estimate of drug-likeness (QED) is 0.301. The largest absolute Gasteiger partial charge is 0.512 e. The third-order valence-corrected chi connectivity index (χ3v) is 6.16. The van der Waals surface area contributed by atoms with Gasteiger partial charge >= 0.3 is 6.16 Å². The standard InChI is InChI=1S/C12H15N5O5S2/c1-16-11(13-14-15-16)23-4-2-3-7-9(22-12(20)21)17-8(19)6(5-18)10(17)24-7/h6,10,18H,2-5H2,1H3,(H,20,21)/t6-,10+/m0/s1. The number of aryl methyl sites for hydroxylation is 1. The molecule has 0 aliphatic carbocycles. The van der Waals surface area contributed by atoms with Crippen LogP contribution in [-0.2, 0) is 16.6 Å². The van der Waals surface area contributed by atoms with E-state index in [0.717, 1.165) is 12.2 Å². The molecule has 1 aromatic heterocycles. The molecule has 1 saturated heterocycles. The second kappa shape index (κ2) is 6.99. The van der Waals surface area contributed by atoms with E-state index in [2.05, 4.69) is 15.5 Å². The molecule has 0 saturated carbocycles. The molecule has 0 radical (unpaired) electrons. The molecule has 2 N–H and O–H groups in total. The Morgan fingerprint density at radius 1 is 1.50 bits per heavy atom. The van der Waals surface area contributed by atoms with Gasteiger partial charge in [0.25, 0.3) is 0 Å². The summed E-state index contributed by atoms with van der Waals surface area (Å²) in [4.78, 5) is 24.9. The van der Waals surface area contributed by atoms with Gasteiger partial charge in [0.05, 0.1) is 12.5 Å². The maximum absolute atomic E-state index is 12.0. The summed E-state index contributed by atoms with van der Waals surface area (Å²) in [5, 5.41) is 29.7. The number of carboxylic acid groups (broad SMARTS) is 1. The van der Waals surface area contributed by atoms with Crippen LogP contribution in [0.5, 0.6) is 0 Å². The highest BCUT2D eigenvalue weighted by atomic mass is 32.2. The lowest BCUT2D eigenvalue weighted by Crippen LogP contribution is -2.58. The van der Waals surface area contributed by atoms with E-state index >= 15 is 0 Å². The summed E-state index contributed by atoms with van der Waals surface area (Å²) in [5.41, 5.74) is 0. The van der Waals surface area contributed by atoms with Gasteiger partial charge in [0.1, 0.15) is 5.37 Å². The second-order valence-corrected chi connectivity index (χ2v) is 7.41. The predicted octanol–water partition coefficient (Wildman–Crippen LogP) is 0.470. The number of fused-ring (bicyclic) bond motifs is 1. The molecule has 1 aromatic rings. The number of aliphatic hydroxyl groups is 1.